The van der Waals surface area contributed by atoms with Crippen LogP contribution in [0.2, 0.25) is 0 Å². The van der Waals surface area contributed by atoms with Crippen molar-refractivity contribution in [3.8, 4) is 23.6 Å². The Bertz CT molecular complexity index is 583. The van der Waals surface area contributed by atoms with E-state index in [0.29, 0.717) is 0 Å². The van der Waals surface area contributed by atoms with Gasteiger partial charge < -0.3 is 9.47 Å². The highest BCUT2D eigenvalue weighted by molar-refractivity contribution is 6.10. The first-order chi connectivity index (χ1) is 9.39. The first-order valence-corrected chi connectivity index (χ1v) is 4.97. The van der Waals surface area contributed by atoms with E-state index >= 15 is 0 Å². The second-order valence-corrected chi connectivity index (χ2v) is 3.21. The zero-order valence-electron chi connectivity index (χ0n) is 10.0. The fourth-order valence-corrected chi connectivity index (χ4v) is 1.15. The number of hydrogen-bond acceptors (Lipinski definition) is 6. The van der Waals surface area contributed by atoms with Gasteiger partial charge in [-0.15, -0.1) is 13.2 Å². The van der Waals surface area contributed by atoms with Gasteiger partial charge in [0.15, 0.2) is 11.5 Å². The molecule has 0 aromatic heterocycles. The SMILES string of the molecule is COc1ccc(NN=C(C#N)C#N)cc1OC(F)(F)F. The number of halogens is 3. The summed E-state index contributed by atoms with van der Waals surface area (Å²) in [7, 11) is 1.19. The third-order valence-electron chi connectivity index (χ3n) is 1.90. The molecule has 0 saturated heterocycles. The molecular formula is C11H7F3N4O2. The minimum atomic E-state index is -4.88. The van der Waals surface area contributed by atoms with E-state index in [2.05, 4.69) is 15.3 Å². The Labute approximate surface area is 111 Å². The fourth-order valence-electron chi connectivity index (χ4n) is 1.15. The van der Waals surface area contributed by atoms with Gasteiger partial charge in [-0.05, 0) is 12.1 Å². The largest absolute Gasteiger partial charge is 0.573 e. The molecule has 0 spiro atoms. The predicted octanol–water partition coefficient (Wildman–Crippen LogP) is 2.41. The number of nitrogens with one attached hydrogen (secondary N) is 1. The maximum Gasteiger partial charge on any atom is 0.573 e. The zero-order valence-corrected chi connectivity index (χ0v) is 10.0. The summed E-state index contributed by atoms with van der Waals surface area (Å²) in [6.07, 6.45) is -4.88. The molecule has 0 aliphatic rings. The van der Waals surface area contributed by atoms with Gasteiger partial charge in [0, 0.05) is 6.07 Å². The molecule has 0 fully saturated rings. The molecule has 1 aromatic rings. The highest BCUT2D eigenvalue weighted by atomic mass is 19.4. The highest BCUT2D eigenvalue weighted by Crippen LogP contribution is 2.34. The van der Waals surface area contributed by atoms with Crippen molar-refractivity contribution in [1.29, 1.82) is 10.5 Å². The topological polar surface area (TPSA) is 90.4 Å². The Hall–Kier alpha value is -2.94. The first kappa shape index (κ1) is 15.1. The number of benzene rings is 1. The van der Waals surface area contributed by atoms with Gasteiger partial charge in [0.2, 0.25) is 5.71 Å². The summed E-state index contributed by atoms with van der Waals surface area (Å²) in [4.78, 5) is 0. The molecule has 1 N–H and O–H groups in total. The number of alkyl halides is 3. The highest BCUT2D eigenvalue weighted by Gasteiger charge is 2.32. The number of rotatable bonds is 4. The Morgan fingerprint density at radius 2 is 1.90 bits per heavy atom. The van der Waals surface area contributed by atoms with Gasteiger partial charge in [-0.2, -0.15) is 15.6 Å². The summed E-state index contributed by atoms with van der Waals surface area (Å²) in [6, 6.07) is 6.51. The molecule has 0 atom stereocenters. The summed E-state index contributed by atoms with van der Waals surface area (Å²) in [5, 5.41) is 20.3. The Kier molecular flexibility index (Phi) is 4.76. The molecule has 104 valence electrons. The number of anilines is 1. The van der Waals surface area contributed by atoms with Gasteiger partial charge >= 0.3 is 6.36 Å². The Morgan fingerprint density at radius 1 is 1.25 bits per heavy atom. The molecule has 0 radical (unpaired) electrons. The molecule has 0 amide bonds. The average Bonchev–Trinajstić information content (AvgIpc) is 2.38. The lowest BCUT2D eigenvalue weighted by molar-refractivity contribution is -0.275. The van der Waals surface area contributed by atoms with E-state index < -0.39 is 17.8 Å². The van der Waals surface area contributed by atoms with E-state index in [0.717, 1.165) is 6.07 Å². The lowest BCUT2D eigenvalue weighted by atomic mass is 10.3. The molecule has 0 saturated carbocycles. The average molecular weight is 284 g/mol. The van der Waals surface area contributed by atoms with E-state index in [1.54, 1.807) is 0 Å². The minimum absolute atomic E-state index is 0.0908. The van der Waals surface area contributed by atoms with Crippen LogP contribution in [0.1, 0.15) is 0 Å². The van der Waals surface area contributed by atoms with E-state index in [4.69, 9.17) is 15.3 Å². The van der Waals surface area contributed by atoms with Crippen molar-refractivity contribution >= 4 is 11.4 Å². The summed E-state index contributed by atoms with van der Waals surface area (Å²) >= 11 is 0. The van der Waals surface area contributed by atoms with E-state index in [9.17, 15) is 13.2 Å². The lowest BCUT2D eigenvalue weighted by Crippen LogP contribution is -2.17. The van der Waals surface area contributed by atoms with Crippen molar-refractivity contribution in [2.75, 3.05) is 12.5 Å². The third kappa shape index (κ3) is 4.38. The molecular weight excluding hydrogens is 277 g/mol. The molecule has 0 aliphatic carbocycles. The number of hydrogen-bond donors (Lipinski definition) is 1. The quantitative estimate of drug-likeness (QED) is 0.677. The molecule has 6 nitrogen and oxygen atoms in total. The van der Waals surface area contributed by atoms with E-state index in [1.807, 2.05) is 0 Å². The normalized spacial score (nSPS) is 9.90. The molecule has 1 aromatic carbocycles. The Morgan fingerprint density at radius 3 is 2.40 bits per heavy atom. The van der Waals surface area contributed by atoms with Crippen LogP contribution in [0.5, 0.6) is 11.5 Å². The van der Waals surface area contributed by atoms with Crippen LogP contribution in [-0.4, -0.2) is 19.2 Å². The van der Waals surface area contributed by atoms with Crippen molar-refractivity contribution in [2.45, 2.75) is 6.36 Å². The van der Waals surface area contributed by atoms with Crippen LogP contribution in [0.3, 0.4) is 0 Å². The summed E-state index contributed by atoms with van der Waals surface area (Å²) in [5.41, 5.74) is 1.88. The molecule has 20 heavy (non-hydrogen) atoms. The van der Waals surface area contributed by atoms with Crippen molar-refractivity contribution in [3.63, 3.8) is 0 Å². The second-order valence-electron chi connectivity index (χ2n) is 3.21. The summed E-state index contributed by atoms with van der Waals surface area (Å²) < 4.78 is 45.1. The standard InChI is InChI=1S/C11H7F3N4O2/c1-19-9-3-2-7(17-18-8(5-15)6-16)4-10(9)20-11(12,13)14/h2-4,17H,1H3. The minimum Gasteiger partial charge on any atom is -0.493 e. The third-order valence-corrected chi connectivity index (χ3v) is 1.90. The number of hydrazone groups is 1. The van der Waals surface area contributed by atoms with Crippen LogP contribution in [-0.2, 0) is 0 Å². The second kappa shape index (κ2) is 6.29. The Balaban J connectivity index is 3.02. The number of methoxy groups -OCH3 is 1. The lowest BCUT2D eigenvalue weighted by Gasteiger charge is -2.13. The molecule has 0 aliphatic heterocycles. The molecule has 1 rings (SSSR count). The number of ether oxygens (including phenoxy) is 2. The number of nitriles is 2. The van der Waals surface area contributed by atoms with Crippen molar-refractivity contribution in [1.82, 2.24) is 0 Å². The molecule has 0 heterocycles. The van der Waals surface area contributed by atoms with Crippen molar-refractivity contribution in [3.05, 3.63) is 18.2 Å². The maximum absolute atomic E-state index is 12.2. The maximum atomic E-state index is 12.2. The molecule has 0 bridgehead atoms. The van der Waals surface area contributed by atoms with Crippen LogP contribution in [0.4, 0.5) is 18.9 Å². The zero-order chi connectivity index (χ0) is 15.2. The van der Waals surface area contributed by atoms with Gasteiger partial charge in [-0.25, -0.2) is 0 Å². The number of nitrogens with zero attached hydrogens (tertiary/aromatic N) is 3. The van der Waals surface area contributed by atoms with Crippen LogP contribution in [0, 0.1) is 22.7 Å². The monoisotopic (exact) mass is 284 g/mol. The first-order valence-electron chi connectivity index (χ1n) is 4.97. The van der Waals surface area contributed by atoms with Crippen molar-refractivity contribution < 1.29 is 22.6 Å². The smallest absolute Gasteiger partial charge is 0.493 e. The van der Waals surface area contributed by atoms with Crippen molar-refractivity contribution in [2.24, 2.45) is 5.10 Å². The van der Waals surface area contributed by atoms with Gasteiger partial charge in [-0.1, -0.05) is 0 Å². The van der Waals surface area contributed by atoms with Crippen LogP contribution in [0.25, 0.3) is 0 Å². The van der Waals surface area contributed by atoms with E-state index in [1.165, 1.54) is 31.4 Å². The molecule has 9 heteroatoms. The van der Waals surface area contributed by atoms with Gasteiger partial charge in [0.05, 0.1) is 12.8 Å². The van der Waals surface area contributed by atoms with Crippen LogP contribution < -0.4 is 14.9 Å². The van der Waals surface area contributed by atoms with Gasteiger partial charge in [0.1, 0.15) is 12.1 Å². The van der Waals surface area contributed by atoms with Gasteiger partial charge in [-0.3, -0.25) is 5.43 Å². The summed E-state index contributed by atoms with van der Waals surface area (Å²) in [6.45, 7) is 0. The van der Waals surface area contributed by atoms with Crippen LogP contribution in [0.15, 0.2) is 23.3 Å². The van der Waals surface area contributed by atoms with Gasteiger partial charge in [0.25, 0.3) is 0 Å². The fraction of sp³-hybridized carbons (Fsp3) is 0.182. The van der Waals surface area contributed by atoms with E-state index in [-0.39, 0.29) is 11.4 Å². The predicted molar refractivity (Wildman–Crippen MR) is 62.0 cm³/mol. The summed E-state index contributed by atoms with van der Waals surface area (Å²) in [5.74, 6) is -0.701. The molecule has 0 unspecified atom stereocenters. The van der Waals surface area contributed by atoms with Crippen LogP contribution >= 0.6 is 0 Å².